The van der Waals surface area contributed by atoms with Crippen molar-refractivity contribution >= 4 is 23.5 Å². The third kappa shape index (κ3) is 3.60. The number of hydrogen-bond acceptors (Lipinski definition) is 3. The fourth-order valence-corrected chi connectivity index (χ4v) is 2.44. The molecule has 22 heavy (non-hydrogen) atoms. The summed E-state index contributed by atoms with van der Waals surface area (Å²) >= 11 is 0. The molecule has 1 heterocycles. The third-order valence-electron chi connectivity index (χ3n) is 3.65. The number of carboxylic acid groups (broad SMARTS) is 1. The van der Waals surface area contributed by atoms with Crippen molar-refractivity contribution in [1.82, 2.24) is 4.90 Å². The summed E-state index contributed by atoms with van der Waals surface area (Å²) < 4.78 is 13.4. The molecule has 1 saturated heterocycles. The van der Waals surface area contributed by atoms with Crippen molar-refractivity contribution in [2.75, 3.05) is 18.4 Å². The minimum absolute atomic E-state index is 0.0974. The summed E-state index contributed by atoms with van der Waals surface area (Å²) in [5.41, 5.74) is 0.203. The summed E-state index contributed by atoms with van der Waals surface area (Å²) in [7, 11) is 0. The van der Waals surface area contributed by atoms with Crippen LogP contribution in [0.3, 0.4) is 0 Å². The molecule has 2 amide bonds. The third-order valence-corrected chi connectivity index (χ3v) is 3.65. The van der Waals surface area contributed by atoms with Crippen LogP contribution in [0.1, 0.15) is 30.1 Å². The fraction of sp³-hybridized carbons (Fsp3) is 0.400. The van der Waals surface area contributed by atoms with Gasteiger partial charge in [-0.15, -0.1) is 0 Å². The van der Waals surface area contributed by atoms with E-state index in [4.69, 9.17) is 5.11 Å². The van der Waals surface area contributed by atoms with Gasteiger partial charge in [0.1, 0.15) is 5.82 Å². The molecular weight excluding hydrogens is 291 g/mol. The van der Waals surface area contributed by atoms with Crippen LogP contribution >= 0.6 is 0 Å². The molecule has 7 heteroatoms. The number of ketones is 1. The van der Waals surface area contributed by atoms with Gasteiger partial charge in [-0.05, 0) is 38.0 Å². The lowest BCUT2D eigenvalue weighted by Crippen LogP contribution is -2.44. The van der Waals surface area contributed by atoms with Gasteiger partial charge in [-0.1, -0.05) is 0 Å². The van der Waals surface area contributed by atoms with E-state index in [1.807, 2.05) is 0 Å². The molecule has 1 aliphatic heterocycles. The number of anilines is 1. The number of rotatable bonds is 3. The summed E-state index contributed by atoms with van der Waals surface area (Å²) in [5.74, 6) is -2.56. The fourth-order valence-electron chi connectivity index (χ4n) is 2.44. The molecule has 0 bridgehead atoms. The number of carbonyl (C=O) groups excluding carboxylic acids is 2. The standard InChI is InChI=1S/C15H17FN2O4/c1-9(19)12-7-11(4-5-13(12)16)17-15(22)18-6-2-3-10(8-18)14(20)21/h4-5,7,10H,2-3,6,8H2,1H3,(H,17,22)(H,20,21). The van der Waals surface area contributed by atoms with Gasteiger partial charge in [-0.25, -0.2) is 9.18 Å². The number of piperidine rings is 1. The van der Waals surface area contributed by atoms with Crippen LogP contribution < -0.4 is 5.32 Å². The highest BCUT2D eigenvalue weighted by molar-refractivity contribution is 5.97. The number of benzene rings is 1. The molecule has 1 unspecified atom stereocenters. The van der Waals surface area contributed by atoms with Gasteiger partial charge in [0.05, 0.1) is 11.5 Å². The molecule has 0 spiro atoms. The molecule has 1 aromatic rings. The lowest BCUT2D eigenvalue weighted by Gasteiger charge is -2.30. The van der Waals surface area contributed by atoms with E-state index in [9.17, 15) is 18.8 Å². The molecule has 6 nitrogen and oxygen atoms in total. The van der Waals surface area contributed by atoms with E-state index in [0.29, 0.717) is 25.1 Å². The van der Waals surface area contributed by atoms with Crippen LogP contribution in [-0.2, 0) is 4.79 Å². The molecule has 0 saturated carbocycles. The lowest BCUT2D eigenvalue weighted by atomic mass is 9.99. The van der Waals surface area contributed by atoms with Crippen molar-refractivity contribution in [3.05, 3.63) is 29.6 Å². The van der Waals surface area contributed by atoms with Crippen molar-refractivity contribution in [3.8, 4) is 0 Å². The predicted octanol–water partition coefficient (Wildman–Crippen LogP) is 2.36. The molecule has 2 rings (SSSR count). The topological polar surface area (TPSA) is 86.7 Å². The van der Waals surface area contributed by atoms with E-state index < -0.39 is 29.5 Å². The number of amides is 2. The van der Waals surface area contributed by atoms with E-state index in [0.717, 1.165) is 6.07 Å². The van der Waals surface area contributed by atoms with Gasteiger partial charge in [0, 0.05) is 18.8 Å². The number of nitrogens with zero attached hydrogens (tertiary/aromatic N) is 1. The second kappa shape index (κ2) is 6.55. The van der Waals surface area contributed by atoms with Gasteiger partial charge in [0.15, 0.2) is 5.78 Å². The number of carbonyl (C=O) groups is 3. The minimum Gasteiger partial charge on any atom is -0.481 e. The summed E-state index contributed by atoms with van der Waals surface area (Å²) in [6.45, 7) is 1.85. The first-order chi connectivity index (χ1) is 10.4. The van der Waals surface area contributed by atoms with Crippen LogP contribution in [0.2, 0.25) is 0 Å². The number of carboxylic acids is 1. The SMILES string of the molecule is CC(=O)c1cc(NC(=O)N2CCCC(C(=O)O)C2)ccc1F. The Hall–Kier alpha value is -2.44. The highest BCUT2D eigenvalue weighted by atomic mass is 19.1. The number of likely N-dealkylation sites (tertiary alicyclic amines) is 1. The molecule has 0 aliphatic carbocycles. The smallest absolute Gasteiger partial charge is 0.321 e. The maximum atomic E-state index is 13.4. The van der Waals surface area contributed by atoms with Crippen LogP contribution in [0, 0.1) is 11.7 Å². The number of nitrogens with one attached hydrogen (secondary N) is 1. The Balaban J connectivity index is 2.07. The molecule has 1 aliphatic rings. The van der Waals surface area contributed by atoms with Crippen LogP contribution in [0.5, 0.6) is 0 Å². The van der Waals surface area contributed by atoms with Crippen LogP contribution in [0.4, 0.5) is 14.9 Å². The summed E-state index contributed by atoms with van der Waals surface area (Å²) in [4.78, 5) is 35.9. The summed E-state index contributed by atoms with van der Waals surface area (Å²) in [6, 6.07) is 3.29. The van der Waals surface area contributed by atoms with Gasteiger partial charge < -0.3 is 15.3 Å². The van der Waals surface area contributed by atoms with Gasteiger partial charge in [0.25, 0.3) is 0 Å². The number of urea groups is 1. The zero-order chi connectivity index (χ0) is 16.3. The van der Waals surface area contributed by atoms with E-state index in [1.165, 1.54) is 24.0 Å². The highest BCUT2D eigenvalue weighted by Crippen LogP contribution is 2.19. The quantitative estimate of drug-likeness (QED) is 0.839. The van der Waals surface area contributed by atoms with Gasteiger partial charge in [0.2, 0.25) is 0 Å². The second-order valence-corrected chi connectivity index (χ2v) is 5.30. The van der Waals surface area contributed by atoms with Crippen molar-refractivity contribution < 1.29 is 23.9 Å². The van der Waals surface area contributed by atoms with Crippen molar-refractivity contribution in [3.63, 3.8) is 0 Å². The maximum Gasteiger partial charge on any atom is 0.321 e. The van der Waals surface area contributed by atoms with Crippen molar-refractivity contribution in [2.45, 2.75) is 19.8 Å². The number of Topliss-reactive ketones (excluding diaryl/α,β-unsaturated/α-hetero) is 1. The molecule has 0 radical (unpaired) electrons. The first kappa shape index (κ1) is 15.9. The van der Waals surface area contributed by atoms with Gasteiger partial charge in [-0.3, -0.25) is 9.59 Å². The van der Waals surface area contributed by atoms with E-state index in [-0.39, 0.29) is 12.1 Å². The average molecular weight is 308 g/mol. The number of hydrogen-bond donors (Lipinski definition) is 2. The van der Waals surface area contributed by atoms with Crippen LogP contribution in [0.25, 0.3) is 0 Å². The molecule has 1 aromatic carbocycles. The zero-order valence-electron chi connectivity index (χ0n) is 12.1. The highest BCUT2D eigenvalue weighted by Gasteiger charge is 2.28. The molecule has 1 fully saturated rings. The van der Waals surface area contributed by atoms with E-state index in [1.54, 1.807) is 0 Å². The van der Waals surface area contributed by atoms with E-state index in [2.05, 4.69) is 5.32 Å². The Labute approximate surface area is 126 Å². The average Bonchev–Trinajstić information content (AvgIpc) is 2.49. The number of aliphatic carboxylic acids is 1. The van der Waals surface area contributed by atoms with Crippen LogP contribution in [-0.4, -0.2) is 40.9 Å². The first-order valence-electron chi connectivity index (χ1n) is 6.97. The molecule has 0 aromatic heterocycles. The van der Waals surface area contributed by atoms with Gasteiger partial charge in [-0.2, -0.15) is 0 Å². The van der Waals surface area contributed by atoms with Gasteiger partial charge >= 0.3 is 12.0 Å². The molecular formula is C15H17FN2O4. The van der Waals surface area contributed by atoms with E-state index >= 15 is 0 Å². The second-order valence-electron chi connectivity index (χ2n) is 5.30. The monoisotopic (exact) mass is 308 g/mol. The van der Waals surface area contributed by atoms with Crippen LogP contribution in [0.15, 0.2) is 18.2 Å². The molecule has 118 valence electrons. The Kier molecular flexibility index (Phi) is 4.75. The number of halogens is 1. The largest absolute Gasteiger partial charge is 0.481 e. The Morgan fingerprint density at radius 1 is 1.36 bits per heavy atom. The molecule has 2 N–H and O–H groups in total. The maximum absolute atomic E-state index is 13.4. The predicted molar refractivity (Wildman–Crippen MR) is 77.4 cm³/mol. The summed E-state index contributed by atoms with van der Waals surface area (Å²) in [6.07, 6.45) is 1.16. The first-order valence-corrected chi connectivity index (χ1v) is 6.97. The normalized spacial score (nSPS) is 17.9. The van der Waals surface area contributed by atoms with Crippen molar-refractivity contribution in [2.24, 2.45) is 5.92 Å². The zero-order valence-corrected chi connectivity index (χ0v) is 12.1. The summed E-state index contributed by atoms with van der Waals surface area (Å²) in [5, 5.41) is 11.6. The Morgan fingerprint density at radius 2 is 2.09 bits per heavy atom. The van der Waals surface area contributed by atoms with Crippen molar-refractivity contribution in [1.29, 1.82) is 0 Å². The lowest BCUT2D eigenvalue weighted by molar-refractivity contribution is -0.143. The minimum atomic E-state index is -0.918. The Bertz CT molecular complexity index is 618. The molecule has 1 atom stereocenters. The Morgan fingerprint density at radius 3 is 2.73 bits per heavy atom.